The summed E-state index contributed by atoms with van der Waals surface area (Å²) in [6.07, 6.45) is 0.939. The second kappa shape index (κ2) is 4.42. The molecule has 1 aromatic heterocycles. The zero-order valence-electron chi connectivity index (χ0n) is 10.5. The fourth-order valence-corrected chi connectivity index (χ4v) is 3.11. The summed E-state index contributed by atoms with van der Waals surface area (Å²) in [4.78, 5) is 13.3. The van der Waals surface area contributed by atoms with Gasteiger partial charge in [0.25, 0.3) is 0 Å². The van der Waals surface area contributed by atoms with Crippen molar-refractivity contribution >= 4 is 17.2 Å². The van der Waals surface area contributed by atoms with Crippen molar-refractivity contribution in [3.05, 3.63) is 21.9 Å². The van der Waals surface area contributed by atoms with Crippen LogP contribution >= 0.6 is 11.3 Å². The Balaban J connectivity index is 1.95. The molecule has 0 saturated heterocycles. The molecule has 1 aliphatic carbocycles. The molecule has 1 heterocycles. The van der Waals surface area contributed by atoms with Crippen molar-refractivity contribution in [2.75, 3.05) is 6.61 Å². The van der Waals surface area contributed by atoms with E-state index in [0.717, 1.165) is 6.42 Å². The molecule has 0 aromatic carbocycles. The second-order valence-corrected chi connectivity index (χ2v) is 6.40. The van der Waals surface area contributed by atoms with Gasteiger partial charge in [0.1, 0.15) is 0 Å². The van der Waals surface area contributed by atoms with Crippen molar-refractivity contribution in [3.8, 4) is 0 Å². The van der Waals surface area contributed by atoms with Gasteiger partial charge in [0.15, 0.2) is 0 Å². The monoisotopic (exact) mass is 253 g/mol. The van der Waals surface area contributed by atoms with E-state index in [9.17, 15) is 4.79 Å². The van der Waals surface area contributed by atoms with Gasteiger partial charge in [-0.2, -0.15) is 0 Å². The zero-order chi connectivity index (χ0) is 12.6. The molecule has 94 valence electrons. The highest BCUT2D eigenvalue weighted by atomic mass is 32.1. The van der Waals surface area contributed by atoms with E-state index in [1.54, 1.807) is 11.3 Å². The van der Waals surface area contributed by atoms with E-state index in [1.165, 1.54) is 10.4 Å². The van der Waals surface area contributed by atoms with Crippen LogP contribution in [-0.2, 0) is 4.79 Å². The van der Waals surface area contributed by atoms with Gasteiger partial charge in [-0.15, -0.1) is 11.3 Å². The molecular formula is C13H19NO2S. The predicted molar refractivity (Wildman–Crippen MR) is 69.2 cm³/mol. The summed E-state index contributed by atoms with van der Waals surface area (Å²) in [5, 5.41) is 14.1. The summed E-state index contributed by atoms with van der Waals surface area (Å²) in [7, 11) is 0. The van der Waals surface area contributed by atoms with Gasteiger partial charge < -0.3 is 10.4 Å². The maximum Gasteiger partial charge on any atom is 0.224 e. The molecule has 1 amide bonds. The lowest BCUT2D eigenvalue weighted by atomic mass is 10.1. The van der Waals surface area contributed by atoms with Gasteiger partial charge in [0.2, 0.25) is 5.91 Å². The number of amides is 1. The number of aryl methyl sites for hydroxylation is 1. The van der Waals surface area contributed by atoms with E-state index in [1.807, 2.05) is 13.8 Å². The van der Waals surface area contributed by atoms with Crippen LogP contribution < -0.4 is 5.32 Å². The SMILES string of the molecule is Cc1ccsc1[C@@H]1C[C@H]1C(=O)NC(C)(C)CO. The van der Waals surface area contributed by atoms with Gasteiger partial charge in [0, 0.05) is 16.7 Å². The number of carbonyl (C=O) groups excluding carboxylic acids is 1. The first-order chi connectivity index (χ1) is 7.94. The van der Waals surface area contributed by atoms with Gasteiger partial charge in [-0.25, -0.2) is 0 Å². The molecule has 1 aliphatic rings. The number of hydrogen-bond donors (Lipinski definition) is 2. The number of nitrogens with one attached hydrogen (secondary N) is 1. The third kappa shape index (κ3) is 2.69. The smallest absolute Gasteiger partial charge is 0.224 e. The molecule has 1 fully saturated rings. The number of carbonyl (C=O) groups is 1. The molecule has 4 heteroatoms. The molecule has 0 bridgehead atoms. The van der Waals surface area contributed by atoms with Crippen molar-refractivity contribution in [1.29, 1.82) is 0 Å². The Kier molecular flexibility index (Phi) is 3.27. The summed E-state index contributed by atoms with van der Waals surface area (Å²) in [5.74, 6) is 0.560. The van der Waals surface area contributed by atoms with Crippen molar-refractivity contribution in [2.24, 2.45) is 5.92 Å². The summed E-state index contributed by atoms with van der Waals surface area (Å²) in [5.41, 5.74) is 0.769. The lowest BCUT2D eigenvalue weighted by Crippen LogP contribution is -2.47. The molecule has 17 heavy (non-hydrogen) atoms. The first-order valence-electron chi connectivity index (χ1n) is 5.91. The number of aliphatic hydroxyl groups excluding tert-OH is 1. The number of aliphatic hydroxyl groups is 1. The summed E-state index contributed by atoms with van der Waals surface area (Å²) in [6.45, 7) is 5.72. The highest BCUT2D eigenvalue weighted by Gasteiger charge is 2.46. The first kappa shape index (κ1) is 12.6. The van der Waals surface area contributed by atoms with E-state index in [0.29, 0.717) is 5.92 Å². The quantitative estimate of drug-likeness (QED) is 0.863. The molecule has 1 aromatic rings. The highest BCUT2D eigenvalue weighted by molar-refractivity contribution is 7.10. The third-order valence-corrected chi connectivity index (χ3v) is 4.37. The molecule has 0 aliphatic heterocycles. The summed E-state index contributed by atoms with van der Waals surface area (Å²) >= 11 is 1.74. The second-order valence-electron chi connectivity index (χ2n) is 5.45. The molecule has 2 N–H and O–H groups in total. The van der Waals surface area contributed by atoms with E-state index in [2.05, 4.69) is 23.7 Å². The Labute approximate surface area is 106 Å². The van der Waals surface area contributed by atoms with Crippen molar-refractivity contribution in [1.82, 2.24) is 5.32 Å². The fourth-order valence-electron chi connectivity index (χ4n) is 2.00. The van der Waals surface area contributed by atoms with Crippen LogP contribution in [0.5, 0.6) is 0 Å². The van der Waals surface area contributed by atoms with E-state index < -0.39 is 5.54 Å². The molecular weight excluding hydrogens is 234 g/mol. The molecule has 2 rings (SSSR count). The molecule has 0 spiro atoms. The number of thiophene rings is 1. The maximum absolute atomic E-state index is 12.0. The Morgan fingerprint density at radius 3 is 2.88 bits per heavy atom. The molecule has 0 radical (unpaired) electrons. The predicted octanol–water partition coefficient (Wildman–Crippen LogP) is 2.05. The van der Waals surface area contributed by atoms with Gasteiger partial charge in [-0.3, -0.25) is 4.79 Å². The minimum Gasteiger partial charge on any atom is -0.394 e. The molecule has 2 atom stereocenters. The maximum atomic E-state index is 12.0. The number of hydrogen-bond acceptors (Lipinski definition) is 3. The van der Waals surface area contributed by atoms with Crippen molar-refractivity contribution in [3.63, 3.8) is 0 Å². The largest absolute Gasteiger partial charge is 0.394 e. The van der Waals surface area contributed by atoms with Crippen molar-refractivity contribution in [2.45, 2.75) is 38.6 Å². The van der Waals surface area contributed by atoms with Crippen LogP contribution in [-0.4, -0.2) is 23.2 Å². The van der Waals surface area contributed by atoms with Crippen molar-refractivity contribution < 1.29 is 9.90 Å². The Bertz CT molecular complexity index is 425. The standard InChI is InChI=1S/C13H19NO2S/c1-8-4-5-17-11(8)9-6-10(9)12(16)14-13(2,3)7-15/h4-5,9-10,15H,6-7H2,1-3H3,(H,14,16)/t9-,10-/m1/s1. The topological polar surface area (TPSA) is 49.3 Å². The third-order valence-electron chi connectivity index (χ3n) is 3.22. The number of rotatable bonds is 4. The fraction of sp³-hybridized carbons (Fsp3) is 0.615. The van der Waals surface area contributed by atoms with Crippen LogP contribution in [0.25, 0.3) is 0 Å². The zero-order valence-corrected chi connectivity index (χ0v) is 11.3. The van der Waals surface area contributed by atoms with E-state index in [4.69, 9.17) is 5.11 Å². The van der Waals surface area contributed by atoms with Gasteiger partial charge >= 0.3 is 0 Å². The Morgan fingerprint density at radius 1 is 1.65 bits per heavy atom. The van der Waals surface area contributed by atoms with Gasteiger partial charge in [0.05, 0.1) is 12.1 Å². The molecule has 1 saturated carbocycles. The van der Waals surface area contributed by atoms with Crippen LogP contribution in [0.15, 0.2) is 11.4 Å². The normalized spacial score (nSPS) is 23.5. The van der Waals surface area contributed by atoms with Crippen LogP contribution in [0.4, 0.5) is 0 Å². The van der Waals surface area contributed by atoms with Gasteiger partial charge in [-0.1, -0.05) is 0 Å². The molecule has 0 unspecified atom stereocenters. The van der Waals surface area contributed by atoms with Crippen LogP contribution in [0.1, 0.15) is 36.6 Å². The Morgan fingerprint density at radius 2 is 2.35 bits per heavy atom. The lowest BCUT2D eigenvalue weighted by Gasteiger charge is -2.23. The first-order valence-corrected chi connectivity index (χ1v) is 6.79. The average molecular weight is 253 g/mol. The lowest BCUT2D eigenvalue weighted by molar-refractivity contribution is -0.124. The summed E-state index contributed by atoms with van der Waals surface area (Å²) in [6, 6.07) is 2.10. The van der Waals surface area contributed by atoms with Crippen LogP contribution in [0.3, 0.4) is 0 Å². The molecule has 3 nitrogen and oxygen atoms in total. The van der Waals surface area contributed by atoms with E-state index >= 15 is 0 Å². The Hall–Kier alpha value is -0.870. The summed E-state index contributed by atoms with van der Waals surface area (Å²) < 4.78 is 0. The minimum atomic E-state index is -0.519. The highest BCUT2D eigenvalue weighted by Crippen LogP contribution is 2.50. The van der Waals surface area contributed by atoms with E-state index in [-0.39, 0.29) is 18.4 Å². The van der Waals surface area contributed by atoms with Crippen LogP contribution in [0, 0.1) is 12.8 Å². The average Bonchev–Trinajstić information content (AvgIpc) is 2.95. The minimum absolute atomic E-state index is 0.0336. The van der Waals surface area contributed by atoms with Gasteiger partial charge in [-0.05, 0) is 44.2 Å². The van der Waals surface area contributed by atoms with Crippen LogP contribution in [0.2, 0.25) is 0 Å².